The Bertz CT molecular complexity index is 2870. The van der Waals surface area contributed by atoms with E-state index in [9.17, 15) is 0 Å². The predicted octanol–water partition coefficient (Wildman–Crippen LogP) is 13.8. The molecule has 0 N–H and O–H groups in total. The first-order chi connectivity index (χ1) is 24.8. The zero-order valence-corrected chi connectivity index (χ0v) is 27.3. The minimum Gasteiger partial charge on any atom is -0.456 e. The lowest BCUT2D eigenvalue weighted by Crippen LogP contribution is -2.10. The third kappa shape index (κ3) is 4.65. The van der Waals surface area contributed by atoms with E-state index in [2.05, 4.69) is 181 Å². The molecule has 50 heavy (non-hydrogen) atoms. The molecule has 0 aliphatic carbocycles. The standard InChI is InChI=1S/C48H31NO/c1-2-12-32(13-3-1)34-15-10-17-38(28-34)49(46-22-11-16-36-30-48-45(31-44(36)46)42-21-8-9-23-47(42)50-48)37-26-24-33(25-27-37)43-29-35-14-4-5-18-39(35)40-19-6-7-20-41(40)43/h1-31H. The van der Waals surface area contributed by atoms with E-state index in [1.54, 1.807) is 0 Å². The van der Waals surface area contributed by atoms with Crippen LogP contribution in [-0.4, -0.2) is 0 Å². The van der Waals surface area contributed by atoms with Crippen LogP contribution in [0.15, 0.2) is 192 Å². The lowest BCUT2D eigenvalue weighted by Gasteiger charge is -2.27. The van der Waals surface area contributed by atoms with Gasteiger partial charge in [0.2, 0.25) is 0 Å². The summed E-state index contributed by atoms with van der Waals surface area (Å²) < 4.78 is 6.29. The fourth-order valence-corrected chi connectivity index (χ4v) is 7.64. The van der Waals surface area contributed by atoms with Crippen molar-refractivity contribution < 1.29 is 4.42 Å². The second kappa shape index (κ2) is 11.5. The molecule has 1 heterocycles. The maximum absolute atomic E-state index is 6.29. The number of benzene rings is 9. The molecule has 0 saturated heterocycles. The summed E-state index contributed by atoms with van der Waals surface area (Å²) in [5.74, 6) is 0. The zero-order chi connectivity index (χ0) is 33.0. The van der Waals surface area contributed by atoms with Gasteiger partial charge >= 0.3 is 0 Å². The van der Waals surface area contributed by atoms with Crippen LogP contribution in [0.4, 0.5) is 17.1 Å². The molecule has 0 saturated carbocycles. The van der Waals surface area contributed by atoms with Crippen LogP contribution in [0.3, 0.4) is 0 Å². The number of para-hydroxylation sites is 1. The highest BCUT2D eigenvalue weighted by atomic mass is 16.3. The number of anilines is 3. The van der Waals surface area contributed by atoms with Crippen molar-refractivity contribution in [3.05, 3.63) is 188 Å². The highest BCUT2D eigenvalue weighted by molar-refractivity contribution is 6.15. The molecule has 0 bridgehead atoms. The van der Waals surface area contributed by atoms with Gasteiger partial charge in [0.25, 0.3) is 0 Å². The van der Waals surface area contributed by atoms with E-state index < -0.39 is 0 Å². The van der Waals surface area contributed by atoms with Gasteiger partial charge in [-0.05, 0) is 104 Å². The van der Waals surface area contributed by atoms with Gasteiger partial charge in [0, 0.05) is 27.5 Å². The van der Waals surface area contributed by atoms with Gasteiger partial charge in [0.1, 0.15) is 11.2 Å². The Morgan fingerprint density at radius 2 is 0.980 bits per heavy atom. The van der Waals surface area contributed by atoms with Gasteiger partial charge in [-0.3, -0.25) is 0 Å². The van der Waals surface area contributed by atoms with E-state index in [0.717, 1.165) is 44.4 Å². The van der Waals surface area contributed by atoms with E-state index in [1.165, 1.54) is 49.2 Å². The Kier molecular flexibility index (Phi) is 6.53. The van der Waals surface area contributed by atoms with Gasteiger partial charge in [-0.2, -0.15) is 0 Å². The van der Waals surface area contributed by atoms with Crippen LogP contribution in [0, 0.1) is 0 Å². The van der Waals surface area contributed by atoms with Gasteiger partial charge in [0.15, 0.2) is 0 Å². The molecule has 0 aliphatic heterocycles. The minimum atomic E-state index is 0.903. The maximum atomic E-state index is 6.29. The molecule has 0 unspecified atom stereocenters. The molecule has 2 nitrogen and oxygen atoms in total. The molecule has 0 spiro atoms. The first kappa shape index (κ1) is 28.4. The van der Waals surface area contributed by atoms with E-state index in [4.69, 9.17) is 4.42 Å². The Morgan fingerprint density at radius 1 is 0.320 bits per heavy atom. The predicted molar refractivity (Wildman–Crippen MR) is 212 cm³/mol. The third-order valence-corrected chi connectivity index (χ3v) is 10.0. The number of nitrogens with zero attached hydrogens (tertiary/aromatic N) is 1. The Morgan fingerprint density at radius 3 is 1.84 bits per heavy atom. The van der Waals surface area contributed by atoms with E-state index in [-0.39, 0.29) is 0 Å². The summed E-state index contributed by atoms with van der Waals surface area (Å²) in [7, 11) is 0. The van der Waals surface area contributed by atoms with Crippen molar-refractivity contribution in [2.24, 2.45) is 0 Å². The normalized spacial score (nSPS) is 11.6. The quantitative estimate of drug-likeness (QED) is 0.175. The number of hydrogen-bond acceptors (Lipinski definition) is 2. The molecule has 234 valence electrons. The largest absolute Gasteiger partial charge is 0.456 e. The van der Waals surface area contributed by atoms with E-state index in [1.807, 2.05) is 12.1 Å². The zero-order valence-electron chi connectivity index (χ0n) is 27.3. The van der Waals surface area contributed by atoms with E-state index >= 15 is 0 Å². The summed E-state index contributed by atoms with van der Waals surface area (Å²) in [6.07, 6.45) is 0. The number of rotatable bonds is 5. The fraction of sp³-hybridized carbons (Fsp3) is 0. The molecule has 0 fully saturated rings. The van der Waals surface area contributed by atoms with Crippen LogP contribution >= 0.6 is 0 Å². The van der Waals surface area contributed by atoms with Gasteiger partial charge in [-0.1, -0.05) is 133 Å². The van der Waals surface area contributed by atoms with Crippen LogP contribution in [0.1, 0.15) is 0 Å². The molecule has 0 radical (unpaired) electrons. The summed E-state index contributed by atoms with van der Waals surface area (Å²) in [6.45, 7) is 0. The molecule has 9 aromatic carbocycles. The topological polar surface area (TPSA) is 16.4 Å². The molecule has 1 aromatic heterocycles. The van der Waals surface area contributed by atoms with Crippen molar-refractivity contribution >= 4 is 71.3 Å². The van der Waals surface area contributed by atoms with Crippen LogP contribution in [-0.2, 0) is 0 Å². The summed E-state index contributed by atoms with van der Waals surface area (Å²) in [6, 6.07) is 67.6. The second-order valence-electron chi connectivity index (χ2n) is 12.9. The molecule has 0 atom stereocenters. The Hall–Kier alpha value is -6.64. The minimum absolute atomic E-state index is 0.903. The third-order valence-electron chi connectivity index (χ3n) is 10.0. The highest BCUT2D eigenvalue weighted by Gasteiger charge is 2.19. The Balaban J connectivity index is 1.18. The van der Waals surface area contributed by atoms with Gasteiger partial charge in [-0.15, -0.1) is 0 Å². The summed E-state index contributed by atoms with van der Waals surface area (Å²) in [4.78, 5) is 2.39. The van der Waals surface area contributed by atoms with Crippen molar-refractivity contribution in [3.8, 4) is 22.3 Å². The number of hydrogen-bond donors (Lipinski definition) is 0. The lowest BCUT2D eigenvalue weighted by molar-refractivity contribution is 0.669. The van der Waals surface area contributed by atoms with Crippen LogP contribution in [0.25, 0.3) is 76.5 Å². The first-order valence-electron chi connectivity index (χ1n) is 17.1. The monoisotopic (exact) mass is 637 g/mol. The molecule has 2 heteroatoms. The first-order valence-corrected chi connectivity index (χ1v) is 17.1. The smallest absolute Gasteiger partial charge is 0.136 e. The fourth-order valence-electron chi connectivity index (χ4n) is 7.64. The number of fused-ring (bicyclic) bond motifs is 7. The highest BCUT2D eigenvalue weighted by Crippen LogP contribution is 2.43. The van der Waals surface area contributed by atoms with Crippen LogP contribution in [0.5, 0.6) is 0 Å². The number of furan rings is 1. The van der Waals surface area contributed by atoms with Gasteiger partial charge in [0.05, 0.1) is 5.69 Å². The summed E-state index contributed by atoms with van der Waals surface area (Å²) >= 11 is 0. The Labute approximate surface area is 290 Å². The van der Waals surface area contributed by atoms with Crippen LogP contribution in [0.2, 0.25) is 0 Å². The van der Waals surface area contributed by atoms with Crippen molar-refractivity contribution in [3.63, 3.8) is 0 Å². The van der Waals surface area contributed by atoms with Crippen molar-refractivity contribution in [2.45, 2.75) is 0 Å². The molecule has 10 aromatic rings. The lowest BCUT2D eigenvalue weighted by atomic mass is 9.93. The molecular formula is C48H31NO. The molecule has 0 amide bonds. The SMILES string of the molecule is c1ccc(-c2cccc(N(c3ccc(-c4cc5ccccc5c5ccccc45)cc3)c3cccc4cc5oc6ccccc6c5cc34)c2)cc1. The molecule has 10 rings (SSSR count). The van der Waals surface area contributed by atoms with Crippen LogP contribution < -0.4 is 4.90 Å². The van der Waals surface area contributed by atoms with Crippen molar-refractivity contribution in [2.75, 3.05) is 4.90 Å². The average Bonchev–Trinajstić information content (AvgIpc) is 3.55. The summed E-state index contributed by atoms with van der Waals surface area (Å²) in [5, 5.41) is 9.62. The maximum Gasteiger partial charge on any atom is 0.136 e. The average molecular weight is 638 g/mol. The second-order valence-corrected chi connectivity index (χ2v) is 12.9. The summed E-state index contributed by atoms with van der Waals surface area (Å²) in [5.41, 5.74) is 9.91. The van der Waals surface area contributed by atoms with Crippen molar-refractivity contribution in [1.29, 1.82) is 0 Å². The molecule has 0 aliphatic rings. The van der Waals surface area contributed by atoms with Crippen molar-refractivity contribution in [1.82, 2.24) is 0 Å². The van der Waals surface area contributed by atoms with Gasteiger partial charge < -0.3 is 9.32 Å². The van der Waals surface area contributed by atoms with E-state index in [0.29, 0.717) is 0 Å². The molecular weight excluding hydrogens is 607 g/mol. The van der Waals surface area contributed by atoms with Gasteiger partial charge in [-0.25, -0.2) is 0 Å².